The first-order valence-corrected chi connectivity index (χ1v) is 5.80. The van der Waals surface area contributed by atoms with Crippen molar-refractivity contribution >= 4 is 5.97 Å². The van der Waals surface area contributed by atoms with E-state index in [0.717, 1.165) is 0 Å². The Morgan fingerprint density at radius 2 is 2.00 bits per heavy atom. The fourth-order valence-electron chi connectivity index (χ4n) is 2.05. The molecule has 0 amide bonds. The van der Waals surface area contributed by atoms with Crippen molar-refractivity contribution in [3.63, 3.8) is 0 Å². The van der Waals surface area contributed by atoms with Gasteiger partial charge in [0.25, 0.3) is 0 Å². The first-order chi connectivity index (χ1) is 6.91. The number of ether oxygens (including phenoxy) is 1. The van der Waals surface area contributed by atoms with Crippen LogP contribution in [-0.2, 0) is 9.53 Å². The van der Waals surface area contributed by atoms with Crippen LogP contribution >= 0.6 is 0 Å². The van der Waals surface area contributed by atoms with Crippen molar-refractivity contribution in [2.45, 2.75) is 52.7 Å². The molecule has 88 valence electrons. The van der Waals surface area contributed by atoms with Crippen LogP contribution in [0.15, 0.2) is 0 Å². The van der Waals surface area contributed by atoms with Crippen molar-refractivity contribution in [3.8, 4) is 0 Å². The molecule has 0 radical (unpaired) electrons. The van der Waals surface area contributed by atoms with E-state index in [1.165, 1.54) is 0 Å². The van der Waals surface area contributed by atoms with Crippen molar-refractivity contribution in [1.29, 1.82) is 0 Å². The molecule has 0 aromatic rings. The molecule has 1 aliphatic heterocycles. The van der Waals surface area contributed by atoms with Crippen LogP contribution in [-0.4, -0.2) is 23.3 Å². The van der Waals surface area contributed by atoms with Crippen LogP contribution in [0, 0.1) is 17.8 Å². The van der Waals surface area contributed by atoms with Gasteiger partial charge in [0, 0.05) is 6.42 Å². The number of hydrogen-bond acceptors (Lipinski definition) is 3. The topological polar surface area (TPSA) is 46.5 Å². The molecule has 0 bridgehead atoms. The Balaban J connectivity index is 2.50. The summed E-state index contributed by atoms with van der Waals surface area (Å²) in [7, 11) is 0. The minimum Gasteiger partial charge on any atom is -0.459 e. The molecule has 0 spiro atoms. The van der Waals surface area contributed by atoms with Gasteiger partial charge in [-0.3, -0.25) is 4.79 Å². The quantitative estimate of drug-likeness (QED) is 0.728. The molecule has 1 N–H and O–H groups in total. The van der Waals surface area contributed by atoms with E-state index in [4.69, 9.17) is 4.74 Å². The maximum atomic E-state index is 11.5. The van der Waals surface area contributed by atoms with Crippen LogP contribution in [0.4, 0.5) is 0 Å². The molecule has 3 heteroatoms. The van der Waals surface area contributed by atoms with E-state index >= 15 is 0 Å². The summed E-state index contributed by atoms with van der Waals surface area (Å²) >= 11 is 0. The predicted molar refractivity (Wildman–Crippen MR) is 58.3 cm³/mol. The van der Waals surface area contributed by atoms with E-state index < -0.39 is 6.10 Å². The minimum absolute atomic E-state index is 0.0307. The Hall–Kier alpha value is -0.570. The minimum atomic E-state index is -0.502. The fourth-order valence-corrected chi connectivity index (χ4v) is 2.05. The normalized spacial score (nSPS) is 28.6. The number of rotatable bonds is 4. The Morgan fingerprint density at radius 1 is 1.40 bits per heavy atom. The third kappa shape index (κ3) is 3.20. The number of hydrogen-bond donors (Lipinski definition) is 1. The Labute approximate surface area is 91.8 Å². The molecule has 0 aromatic carbocycles. The van der Waals surface area contributed by atoms with E-state index in [2.05, 4.69) is 13.8 Å². The summed E-state index contributed by atoms with van der Waals surface area (Å²) in [5, 5.41) is 9.86. The molecule has 0 aromatic heterocycles. The van der Waals surface area contributed by atoms with Crippen LogP contribution in [0.5, 0.6) is 0 Å². The summed E-state index contributed by atoms with van der Waals surface area (Å²) in [5.74, 6) is 0.556. The Bertz CT molecular complexity index is 223. The molecule has 1 saturated heterocycles. The van der Waals surface area contributed by atoms with Gasteiger partial charge in [0.05, 0.1) is 12.0 Å². The number of cyclic esters (lactones) is 1. The summed E-state index contributed by atoms with van der Waals surface area (Å²) in [4.78, 5) is 11.5. The van der Waals surface area contributed by atoms with Crippen LogP contribution in [0.25, 0.3) is 0 Å². The summed E-state index contributed by atoms with van der Waals surface area (Å²) in [6.45, 7) is 8.14. The molecule has 15 heavy (non-hydrogen) atoms. The predicted octanol–water partition coefficient (Wildman–Crippen LogP) is 1.98. The third-order valence-electron chi connectivity index (χ3n) is 3.00. The van der Waals surface area contributed by atoms with Crippen molar-refractivity contribution in [3.05, 3.63) is 0 Å². The van der Waals surface area contributed by atoms with Gasteiger partial charge in [0.15, 0.2) is 0 Å². The Kier molecular flexibility index (Phi) is 4.14. The molecular formula is C12H22O3. The van der Waals surface area contributed by atoms with Gasteiger partial charge in [-0.1, -0.05) is 27.7 Å². The SMILES string of the molecule is CC(C)C[C@@H](O)[C@@H]1C[C@@H](C(C)C)C(=O)O1. The number of carbonyl (C=O) groups excluding carboxylic acids is 1. The highest BCUT2D eigenvalue weighted by molar-refractivity contribution is 5.75. The zero-order valence-electron chi connectivity index (χ0n) is 10.1. The van der Waals surface area contributed by atoms with Gasteiger partial charge in [-0.05, 0) is 18.3 Å². The summed E-state index contributed by atoms with van der Waals surface area (Å²) in [5.41, 5.74) is 0. The van der Waals surface area contributed by atoms with Crippen molar-refractivity contribution in [2.24, 2.45) is 17.8 Å². The van der Waals surface area contributed by atoms with Crippen molar-refractivity contribution in [1.82, 2.24) is 0 Å². The molecule has 1 fully saturated rings. The van der Waals surface area contributed by atoms with E-state index in [1.54, 1.807) is 0 Å². The first-order valence-electron chi connectivity index (χ1n) is 5.80. The van der Waals surface area contributed by atoms with Gasteiger partial charge in [-0.15, -0.1) is 0 Å². The molecule has 1 heterocycles. The van der Waals surface area contributed by atoms with Gasteiger partial charge in [0.2, 0.25) is 0 Å². The standard InChI is InChI=1S/C12H22O3/c1-7(2)5-10(13)11-6-9(8(3)4)12(14)15-11/h7-11,13H,5-6H2,1-4H3/t9-,10+,11-/m0/s1. The lowest BCUT2D eigenvalue weighted by molar-refractivity contribution is -0.149. The van der Waals surface area contributed by atoms with Gasteiger partial charge in [-0.25, -0.2) is 0 Å². The zero-order valence-corrected chi connectivity index (χ0v) is 10.1. The van der Waals surface area contributed by atoms with Crippen molar-refractivity contribution in [2.75, 3.05) is 0 Å². The van der Waals surface area contributed by atoms with Gasteiger partial charge in [0.1, 0.15) is 6.10 Å². The lowest BCUT2D eigenvalue weighted by atomic mass is 9.90. The Morgan fingerprint density at radius 3 is 2.40 bits per heavy atom. The largest absolute Gasteiger partial charge is 0.459 e. The van der Waals surface area contributed by atoms with E-state index in [9.17, 15) is 9.90 Å². The number of carbonyl (C=O) groups is 1. The van der Waals surface area contributed by atoms with E-state index in [1.807, 2.05) is 13.8 Å². The number of esters is 1. The molecule has 3 atom stereocenters. The number of aliphatic hydroxyl groups is 1. The molecule has 1 aliphatic rings. The van der Waals surface area contributed by atoms with E-state index in [0.29, 0.717) is 24.7 Å². The maximum Gasteiger partial charge on any atom is 0.309 e. The average molecular weight is 214 g/mol. The molecule has 0 unspecified atom stereocenters. The van der Waals surface area contributed by atoms with Crippen LogP contribution < -0.4 is 0 Å². The van der Waals surface area contributed by atoms with Gasteiger partial charge in [-0.2, -0.15) is 0 Å². The molecule has 0 aliphatic carbocycles. The molecular weight excluding hydrogens is 192 g/mol. The monoisotopic (exact) mass is 214 g/mol. The van der Waals surface area contributed by atoms with Gasteiger partial charge >= 0.3 is 5.97 Å². The van der Waals surface area contributed by atoms with E-state index in [-0.39, 0.29) is 18.0 Å². The number of aliphatic hydroxyl groups excluding tert-OH is 1. The molecule has 3 nitrogen and oxygen atoms in total. The first kappa shape index (κ1) is 12.5. The average Bonchev–Trinajstić information content (AvgIpc) is 2.46. The molecule has 1 rings (SSSR count). The van der Waals surface area contributed by atoms with Crippen LogP contribution in [0.1, 0.15) is 40.5 Å². The second-order valence-electron chi connectivity index (χ2n) is 5.26. The smallest absolute Gasteiger partial charge is 0.309 e. The van der Waals surface area contributed by atoms with Crippen LogP contribution in [0.2, 0.25) is 0 Å². The molecule has 0 saturated carbocycles. The summed E-state index contributed by atoms with van der Waals surface area (Å²) < 4.78 is 5.21. The summed E-state index contributed by atoms with van der Waals surface area (Å²) in [6.07, 6.45) is 0.581. The second-order valence-corrected chi connectivity index (χ2v) is 5.26. The van der Waals surface area contributed by atoms with Gasteiger partial charge < -0.3 is 9.84 Å². The third-order valence-corrected chi connectivity index (χ3v) is 3.00. The maximum absolute atomic E-state index is 11.5. The zero-order chi connectivity index (χ0) is 11.6. The lowest BCUT2D eigenvalue weighted by Gasteiger charge is -2.18. The highest BCUT2D eigenvalue weighted by Crippen LogP contribution is 2.30. The fraction of sp³-hybridized carbons (Fsp3) is 0.917. The highest BCUT2D eigenvalue weighted by Gasteiger charge is 2.39. The highest BCUT2D eigenvalue weighted by atomic mass is 16.6. The summed E-state index contributed by atoms with van der Waals surface area (Å²) in [6, 6.07) is 0. The van der Waals surface area contributed by atoms with Crippen molar-refractivity contribution < 1.29 is 14.6 Å². The lowest BCUT2D eigenvalue weighted by Crippen LogP contribution is -2.27. The van der Waals surface area contributed by atoms with Crippen LogP contribution in [0.3, 0.4) is 0 Å². The second kappa shape index (κ2) is 4.97.